The number of nitrogens with zero attached hydrogens (tertiary/aromatic N) is 1. The van der Waals surface area contributed by atoms with Crippen molar-refractivity contribution in [2.75, 3.05) is 0 Å². The monoisotopic (exact) mass is 311 g/mol. The van der Waals surface area contributed by atoms with Crippen molar-refractivity contribution in [2.24, 2.45) is 0 Å². The number of carboxylic acid groups (broad SMARTS) is 1. The van der Waals surface area contributed by atoms with Crippen LogP contribution in [0.15, 0.2) is 28.1 Å². The molecule has 1 aromatic carbocycles. The number of carbonyl (C=O) groups is 1. The Morgan fingerprint density at radius 3 is 2.82 bits per heavy atom. The number of halogens is 1. The first-order chi connectivity index (χ1) is 8.08. The molecule has 0 bridgehead atoms. The van der Waals surface area contributed by atoms with Crippen LogP contribution in [0.3, 0.4) is 0 Å². The molecule has 0 aliphatic heterocycles. The van der Waals surface area contributed by atoms with Crippen LogP contribution >= 0.6 is 27.3 Å². The molecular weight excluding hydrogens is 302 g/mol. The second-order valence-corrected chi connectivity index (χ2v) is 5.94. The van der Waals surface area contributed by atoms with E-state index < -0.39 is 5.97 Å². The van der Waals surface area contributed by atoms with E-state index >= 15 is 0 Å². The van der Waals surface area contributed by atoms with Crippen molar-refractivity contribution in [3.63, 3.8) is 0 Å². The molecule has 2 aromatic rings. The van der Waals surface area contributed by atoms with Gasteiger partial charge in [-0.3, -0.25) is 4.79 Å². The van der Waals surface area contributed by atoms with Gasteiger partial charge in [-0.05, 0) is 28.4 Å². The molecule has 1 aromatic heterocycles. The third-order valence-corrected chi connectivity index (χ3v) is 4.21. The lowest BCUT2D eigenvalue weighted by Gasteiger charge is -1.99. The van der Waals surface area contributed by atoms with Crippen molar-refractivity contribution >= 4 is 33.2 Å². The maximum atomic E-state index is 10.7. The van der Waals surface area contributed by atoms with Crippen molar-refractivity contribution in [2.45, 2.75) is 13.3 Å². The van der Waals surface area contributed by atoms with E-state index in [-0.39, 0.29) is 6.42 Å². The highest BCUT2D eigenvalue weighted by atomic mass is 79.9. The Labute approximate surface area is 111 Å². The third kappa shape index (κ3) is 2.73. The van der Waals surface area contributed by atoms with Gasteiger partial charge in [-0.2, -0.15) is 0 Å². The number of aliphatic carboxylic acids is 1. The Morgan fingerprint density at radius 2 is 2.18 bits per heavy atom. The predicted octanol–water partition coefficient (Wildman–Crippen LogP) is 3.51. The number of aromatic nitrogens is 1. The molecule has 0 aliphatic rings. The molecular formula is C12H10BrNO2S. The first-order valence-electron chi connectivity index (χ1n) is 5.01. The first-order valence-corrected chi connectivity index (χ1v) is 6.62. The quantitative estimate of drug-likeness (QED) is 0.943. The molecule has 0 saturated heterocycles. The fourth-order valence-corrected chi connectivity index (χ4v) is 3.10. The maximum Gasteiger partial charge on any atom is 0.309 e. The Hall–Kier alpha value is -1.20. The van der Waals surface area contributed by atoms with E-state index in [1.165, 1.54) is 11.3 Å². The molecule has 0 unspecified atom stereocenters. The van der Waals surface area contributed by atoms with Crippen LogP contribution in [0.2, 0.25) is 0 Å². The average Bonchev–Trinajstić information content (AvgIpc) is 2.60. The molecule has 0 atom stereocenters. The average molecular weight is 312 g/mol. The Kier molecular flexibility index (Phi) is 3.59. The fourth-order valence-electron chi connectivity index (χ4n) is 1.51. The van der Waals surface area contributed by atoms with Gasteiger partial charge in [0.1, 0.15) is 5.01 Å². The molecule has 0 saturated carbocycles. The van der Waals surface area contributed by atoms with Crippen molar-refractivity contribution in [1.29, 1.82) is 0 Å². The van der Waals surface area contributed by atoms with Crippen LogP contribution in [0.1, 0.15) is 11.3 Å². The number of thiazole rings is 1. The van der Waals surface area contributed by atoms with Gasteiger partial charge in [0.05, 0.1) is 15.9 Å². The SMILES string of the molecule is Cc1ccccc1-c1nc(CC(=O)O)c(Br)s1. The minimum Gasteiger partial charge on any atom is -0.481 e. The van der Waals surface area contributed by atoms with Crippen LogP contribution in [-0.4, -0.2) is 16.1 Å². The minimum atomic E-state index is -0.868. The smallest absolute Gasteiger partial charge is 0.309 e. The van der Waals surface area contributed by atoms with Crippen LogP contribution in [-0.2, 0) is 11.2 Å². The number of aryl methyl sites for hydroxylation is 1. The van der Waals surface area contributed by atoms with Gasteiger partial charge in [-0.25, -0.2) is 4.98 Å². The molecule has 88 valence electrons. The van der Waals surface area contributed by atoms with Crippen LogP contribution in [0.5, 0.6) is 0 Å². The zero-order chi connectivity index (χ0) is 12.4. The topological polar surface area (TPSA) is 50.2 Å². The number of carboxylic acids is 1. The summed E-state index contributed by atoms with van der Waals surface area (Å²) >= 11 is 4.83. The summed E-state index contributed by atoms with van der Waals surface area (Å²) in [4.78, 5) is 15.0. The molecule has 0 amide bonds. The van der Waals surface area contributed by atoms with Gasteiger partial charge in [-0.15, -0.1) is 11.3 Å². The molecule has 1 heterocycles. The van der Waals surface area contributed by atoms with Crippen molar-refractivity contribution < 1.29 is 9.90 Å². The third-order valence-electron chi connectivity index (χ3n) is 2.34. The van der Waals surface area contributed by atoms with Crippen molar-refractivity contribution in [3.8, 4) is 10.6 Å². The lowest BCUT2D eigenvalue weighted by molar-refractivity contribution is -0.136. The van der Waals surface area contributed by atoms with E-state index in [0.717, 1.165) is 19.9 Å². The number of benzene rings is 1. The fraction of sp³-hybridized carbons (Fsp3) is 0.167. The van der Waals surface area contributed by atoms with Crippen molar-refractivity contribution in [3.05, 3.63) is 39.3 Å². The highest BCUT2D eigenvalue weighted by molar-refractivity contribution is 9.11. The van der Waals surface area contributed by atoms with Gasteiger partial charge >= 0.3 is 5.97 Å². The molecule has 0 spiro atoms. The second kappa shape index (κ2) is 4.98. The van der Waals surface area contributed by atoms with E-state index in [1.54, 1.807) is 0 Å². The number of hydrogen-bond acceptors (Lipinski definition) is 3. The van der Waals surface area contributed by atoms with E-state index in [1.807, 2.05) is 31.2 Å². The maximum absolute atomic E-state index is 10.7. The Morgan fingerprint density at radius 1 is 1.47 bits per heavy atom. The molecule has 1 N–H and O–H groups in total. The van der Waals surface area contributed by atoms with Gasteiger partial charge < -0.3 is 5.11 Å². The summed E-state index contributed by atoms with van der Waals surface area (Å²) in [5.74, 6) is -0.868. The summed E-state index contributed by atoms with van der Waals surface area (Å²) in [5, 5.41) is 9.62. The van der Waals surface area contributed by atoms with E-state index in [9.17, 15) is 4.79 Å². The van der Waals surface area contributed by atoms with E-state index in [2.05, 4.69) is 20.9 Å². The van der Waals surface area contributed by atoms with Crippen LogP contribution in [0.25, 0.3) is 10.6 Å². The molecule has 2 rings (SSSR count). The number of rotatable bonds is 3. The zero-order valence-electron chi connectivity index (χ0n) is 9.11. The Balaban J connectivity index is 2.41. The summed E-state index contributed by atoms with van der Waals surface area (Å²) < 4.78 is 0.790. The summed E-state index contributed by atoms with van der Waals surface area (Å²) in [6.45, 7) is 2.02. The normalized spacial score (nSPS) is 10.5. The number of hydrogen-bond donors (Lipinski definition) is 1. The van der Waals surface area contributed by atoms with Gasteiger partial charge in [0.2, 0.25) is 0 Å². The highest BCUT2D eigenvalue weighted by Crippen LogP contribution is 2.33. The summed E-state index contributed by atoms with van der Waals surface area (Å²) in [6.07, 6.45) is -0.0526. The summed E-state index contributed by atoms with van der Waals surface area (Å²) in [6, 6.07) is 7.93. The highest BCUT2D eigenvalue weighted by Gasteiger charge is 2.14. The minimum absolute atomic E-state index is 0.0526. The standard InChI is InChI=1S/C12H10BrNO2S/c1-7-4-2-3-5-8(7)12-14-9(6-10(15)16)11(13)17-12/h2-5H,6H2,1H3,(H,15,16). The largest absolute Gasteiger partial charge is 0.481 e. The zero-order valence-corrected chi connectivity index (χ0v) is 11.5. The molecule has 0 radical (unpaired) electrons. The van der Waals surface area contributed by atoms with Gasteiger partial charge in [0, 0.05) is 5.56 Å². The molecule has 0 fully saturated rings. The van der Waals surface area contributed by atoms with Gasteiger partial charge in [0.15, 0.2) is 0 Å². The van der Waals surface area contributed by atoms with Crippen LogP contribution in [0.4, 0.5) is 0 Å². The van der Waals surface area contributed by atoms with Gasteiger partial charge in [-0.1, -0.05) is 24.3 Å². The summed E-state index contributed by atoms with van der Waals surface area (Å²) in [7, 11) is 0. The van der Waals surface area contributed by atoms with Crippen molar-refractivity contribution in [1.82, 2.24) is 4.98 Å². The van der Waals surface area contributed by atoms with Crippen LogP contribution < -0.4 is 0 Å². The van der Waals surface area contributed by atoms with Gasteiger partial charge in [0.25, 0.3) is 0 Å². The van der Waals surface area contributed by atoms with E-state index in [4.69, 9.17) is 5.11 Å². The first kappa shape index (κ1) is 12.3. The lowest BCUT2D eigenvalue weighted by atomic mass is 10.1. The molecule has 17 heavy (non-hydrogen) atoms. The molecule has 3 nitrogen and oxygen atoms in total. The van der Waals surface area contributed by atoms with Crippen LogP contribution in [0, 0.1) is 6.92 Å². The lowest BCUT2D eigenvalue weighted by Crippen LogP contribution is -2.00. The Bertz CT molecular complexity index is 565. The molecule has 5 heteroatoms. The molecule has 0 aliphatic carbocycles. The second-order valence-electron chi connectivity index (χ2n) is 3.62. The van der Waals surface area contributed by atoms with E-state index in [0.29, 0.717) is 5.69 Å². The predicted molar refractivity (Wildman–Crippen MR) is 71.3 cm³/mol. The summed E-state index contributed by atoms with van der Waals surface area (Å²) in [5.41, 5.74) is 2.77.